The van der Waals surface area contributed by atoms with E-state index in [9.17, 15) is 4.79 Å². The van der Waals surface area contributed by atoms with E-state index in [1.165, 1.54) is 0 Å². The summed E-state index contributed by atoms with van der Waals surface area (Å²) in [6.07, 6.45) is 0.819. The Morgan fingerprint density at radius 3 is 2.67 bits per heavy atom. The maximum absolute atomic E-state index is 12.9. The lowest BCUT2D eigenvalue weighted by molar-refractivity contribution is 0.662. The van der Waals surface area contributed by atoms with Crippen molar-refractivity contribution in [3.63, 3.8) is 0 Å². The quantitative estimate of drug-likeness (QED) is 0.425. The van der Waals surface area contributed by atoms with Gasteiger partial charge in [0.05, 0.1) is 10.9 Å². The van der Waals surface area contributed by atoms with Gasteiger partial charge in [-0.25, -0.2) is 0 Å². The van der Waals surface area contributed by atoms with E-state index in [0.29, 0.717) is 33.5 Å². The molecule has 0 unspecified atom stereocenters. The highest BCUT2D eigenvalue weighted by Gasteiger charge is 2.17. The Hall–Kier alpha value is -2.02. The van der Waals surface area contributed by atoms with Crippen molar-refractivity contribution in [3.05, 3.63) is 68.4 Å². The SMILES string of the molecule is CCCn1c(=O)c2cc(Cl)ccc2n2c(SCc3cccc(Cl)c3)nnc12. The fourth-order valence-corrected chi connectivity index (χ4v) is 4.32. The molecular weight excluding hydrogens is 403 g/mol. The van der Waals surface area contributed by atoms with Gasteiger partial charge in [0, 0.05) is 22.3 Å². The third-order valence-corrected chi connectivity index (χ3v) is 5.71. The van der Waals surface area contributed by atoms with Gasteiger partial charge in [-0.15, -0.1) is 10.2 Å². The molecule has 2 aromatic heterocycles. The molecule has 2 heterocycles. The van der Waals surface area contributed by atoms with Crippen LogP contribution in [0.5, 0.6) is 0 Å². The molecule has 8 heteroatoms. The number of hydrogen-bond acceptors (Lipinski definition) is 4. The highest BCUT2D eigenvalue weighted by atomic mass is 35.5. The summed E-state index contributed by atoms with van der Waals surface area (Å²) in [5, 5.41) is 11.2. The van der Waals surface area contributed by atoms with Gasteiger partial charge in [-0.05, 0) is 42.3 Å². The van der Waals surface area contributed by atoms with Crippen molar-refractivity contribution in [1.29, 1.82) is 0 Å². The molecule has 4 rings (SSSR count). The fraction of sp³-hybridized carbons (Fsp3) is 0.211. The summed E-state index contributed by atoms with van der Waals surface area (Å²) in [7, 11) is 0. The summed E-state index contributed by atoms with van der Waals surface area (Å²) >= 11 is 13.8. The van der Waals surface area contributed by atoms with Crippen LogP contribution in [-0.2, 0) is 12.3 Å². The van der Waals surface area contributed by atoms with Crippen molar-refractivity contribution in [3.8, 4) is 0 Å². The smallest absolute Gasteiger partial charge is 0.262 e. The van der Waals surface area contributed by atoms with Crippen LogP contribution >= 0.6 is 35.0 Å². The maximum Gasteiger partial charge on any atom is 0.262 e. The molecule has 4 aromatic rings. The second kappa shape index (κ2) is 7.54. The molecular formula is C19H16Cl2N4OS. The van der Waals surface area contributed by atoms with Crippen LogP contribution in [0.3, 0.4) is 0 Å². The molecule has 0 saturated carbocycles. The number of nitrogens with zero attached hydrogens (tertiary/aromatic N) is 4. The summed E-state index contributed by atoms with van der Waals surface area (Å²) in [5.41, 5.74) is 1.75. The Balaban J connectivity index is 1.87. The average molecular weight is 419 g/mol. The lowest BCUT2D eigenvalue weighted by Crippen LogP contribution is -2.23. The molecule has 0 aliphatic rings. The molecule has 2 aromatic carbocycles. The van der Waals surface area contributed by atoms with Gasteiger partial charge in [0.25, 0.3) is 5.56 Å². The van der Waals surface area contributed by atoms with Gasteiger partial charge < -0.3 is 0 Å². The molecule has 0 spiro atoms. The third-order valence-electron chi connectivity index (χ3n) is 4.24. The molecule has 0 saturated heterocycles. The largest absolute Gasteiger partial charge is 0.276 e. The number of halogens is 2. The summed E-state index contributed by atoms with van der Waals surface area (Å²) in [5.74, 6) is 1.24. The van der Waals surface area contributed by atoms with Crippen LogP contribution in [0.2, 0.25) is 10.0 Å². The van der Waals surface area contributed by atoms with E-state index in [4.69, 9.17) is 23.2 Å². The number of thioether (sulfide) groups is 1. The Labute approximate surface area is 169 Å². The molecule has 0 bridgehead atoms. The number of hydrogen-bond donors (Lipinski definition) is 0. The van der Waals surface area contributed by atoms with Gasteiger partial charge in [-0.3, -0.25) is 13.8 Å². The Kier molecular flexibility index (Phi) is 5.12. The predicted molar refractivity (Wildman–Crippen MR) is 111 cm³/mol. The first-order valence-electron chi connectivity index (χ1n) is 8.53. The minimum absolute atomic E-state index is 0.0966. The van der Waals surface area contributed by atoms with Gasteiger partial charge >= 0.3 is 0 Å². The molecule has 0 N–H and O–H groups in total. The normalized spacial score (nSPS) is 11.5. The number of aryl methyl sites for hydroxylation is 1. The standard InChI is InChI=1S/C19H16Cl2N4OS/c1-2-8-24-17(26)15-10-14(21)6-7-16(15)25-18(24)22-23-19(25)27-11-12-4-3-5-13(20)9-12/h3-7,9-10H,2,8,11H2,1H3. The molecule has 0 atom stereocenters. The van der Waals surface area contributed by atoms with Crippen LogP contribution in [0.25, 0.3) is 16.7 Å². The number of fused-ring (bicyclic) bond motifs is 3. The third kappa shape index (κ3) is 3.45. The second-order valence-electron chi connectivity index (χ2n) is 6.15. The first-order chi connectivity index (χ1) is 13.1. The van der Waals surface area contributed by atoms with Crippen molar-refractivity contribution in [2.45, 2.75) is 30.8 Å². The van der Waals surface area contributed by atoms with E-state index in [-0.39, 0.29) is 5.56 Å². The van der Waals surface area contributed by atoms with Gasteiger partial charge in [-0.2, -0.15) is 0 Å². The molecule has 5 nitrogen and oxygen atoms in total. The lowest BCUT2D eigenvalue weighted by Gasteiger charge is -2.10. The van der Waals surface area contributed by atoms with Gasteiger partial charge in [-0.1, -0.05) is 54.0 Å². The van der Waals surface area contributed by atoms with E-state index in [1.54, 1.807) is 28.5 Å². The van der Waals surface area contributed by atoms with E-state index in [1.807, 2.05) is 41.7 Å². The number of rotatable bonds is 5. The molecule has 27 heavy (non-hydrogen) atoms. The highest BCUT2D eigenvalue weighted by Crippen LogP contribution is 2.26. The van der Waals surface area contributed by atoms with Gasteiger partial charge in [0.1, 0.15) is 0 Å². The predicted octanol–water partition coefficient (Wildman–Crippen LogP) is 5.05. The summed E-state index contributed by atoms with van der Waals surface area (Å²) in [4.78, 5) is 12.9. The fourth-order valence-electron chi connectivity index (χ4n) is 3.05. The topological polar surface area (TPSA) is 52.2 Å². The van der Waals surface area contributed by atoms with Crippen molar-refractivity contribution >= 4 is 51.6 Å². The summed E-state index contributed by atoms with van der Waals surface area (Å²) in [6, 6.07) is 13.1. The first kappa shape index (κ1) is 18.3. The highest BCUT2D eigenvalue weighted by molar-refractivity contribution is 7.98. The van der Waals surface area contributed by atoms with Gasteiger partial charge in [0.2, 0.25) is 5.78 Å². The number of benzene rings is 2. The van der Waals surface area contributed by atoms with Crippen LogP contribution in [0.15, 0.2) is 52.4 Å². The van der Waals surface area contributed by atoms with E-state index < -0.39 is 0 Å². The Bertz CT molecular complexity index is 1200. The van der Waals surface area contributed by atoms with Crippen molar-refractivity contribution in [2.24, 2.45) is 0 Å². The van der Waals surface area contributed by atoms with E-state index in [2.05, 4.69) is 10.2 Å². The van der Waals surface area contributed by atoms with Crippen molar-refractivity contribution < 1.29 is 0 Å². The van der Waals surface area contributed by atoms with Crippen LogP contribution in [-0.4, -0.2) is 19.2 Å². The summed E-state index contributed by atoms with van der Waals surface area (Å²) in [6.45, 7) is 2.60. The second-order valence-corrected chi connectivity index (χ2v) is 7.97. The zero-order valence-electron chi connectivity index (χ0n) is 14.5. The van der Waals surface area contributed by atoms with E-state index >= 15 is 0 Å². The Morgan fingerprint density at radius 2 is 1.89 bits per heavy atom. The average Bonchev–Trinajstić information content (AvgIpc) is 3.07. The van der Waals surface area contributed by atoms with Crippen LogP contribution in [0, 0.1) is 0 Å². The molecule has 0 fully saturated rings. The Morgan fingerprint density at radius 1 is 1.07 bits per heavy atom. The van der Waals surface area contributed by atoms with Crippen LogP contribution < -0.4 is 5.56 Å². The van der Waals surface area contributed by atoms with E-state index in [0.717, 1.165) is 22.7 Å². The minimum atomic E-state index is -0.0966. The minimum Gasteiger partial charge on any atom is -0.276 e. The van der Waals surface area contributed by atoms with Gasteiger partial charge in [0.15, 0.2) is 5.16 Å². The van der Waals surface area contributed by atoms with Crippen molar-refractivity contribution in [1.82, 2.24) is 19.2 Å². The van der Waals surface area contributed by atoms with Crippen LogP contribution in [0.1, 0.15) is 18.9 Å². The molecule has 138 valence electrons. The molecule has 0 amide bonds. The van der Waals surface area contributed by atoms with Crippen LogP contribution in [0.4, 0.5) is 0 Å². The zero-order valence-corrected chi connectivity index (χ0v) is 16.9. The molecule has 0 radical (unpaired) electrons. The monoisotopic (exact) mass is 418 g/mol. The number of aromatic nitrogens is 4. The zero-order chi connectivity index (χ0) is 19.0. The first-order valence-corrected chi connectivity index (χ1v) is 10.3. The maximum atomic E-state index is 12.9. The van der Waals surface area contributed by atoms with Crippen molar-refractivity contribution in [2.75, 3.05) is 0 Å². The molecule has 0 aliphatic carbocycles. The molecule has 0 aliphatic heterocycles. The summed E-state index contributed by atoms with van der Waals surface area (Å²) < 4.78 is 3.59. The lowest BCUT2D eigenvalue weighted by atomic mass is 10.2.